The predicted octanol–water partition coefficient (Wildman–Crippen LogP) is 1.15. The second-order valence-electron chi connectivity index (χ2n) is 5.82. The van der Waals surface area contributed by atoms with Crippen LogP contribution < -0.4 is 0 Å². The molecule has 122 valence electrons. The summed E-state index contributed by atoms with van der Waals surface area (Å²) in [4.78, 5) is 7.28. The van der Waals surface area contributed by atoms with Gasteiger partial charge in [0.15, 0.2) is 11.4 Å². The highest BCUT2D eigenvalue weighted by Crippen LogP contribution is 2.35. The third-order valence-corrected chi connectivity index (χ3v) is 6.05. The average Bonchev–Trinajstić information content (AvgIpc) is 3.23. The molecule has 0 amide bonds. The number of aromatic nitrogens is 4. The van der Waals surface area contributed by atoms with Gasteiger partial charge in [-0.15, -0.1) is 10.2 Å². The Labute approximate surface area is 138 Å². The van der Waals surface area contributed by atoms with Crippen LogP contribution in [0, 0.1) is 11.3 Å². The van der Waals surface area contributed by atoms with Gasteiger partial charge in [0.1, 0.15) is 5.52 Å². The van der Waals surface area contributed by atoms with Gasteiger partial charge in [0.2, 0.25) is 10.0 Å². The molecule has 1 atom stereocenters. The maximum Gasteiger partial charge on any atom is 0.227 e. The van der Waals surface area contributed by atoms with E-state index in [0.717, 1.165) is 16.3 Å². The molecule has 1 aliphatic rings. The summed E-state index contributed by atoms with van der Waals surface area (Å²) in [5.74, 6) is -0.460. The van der Waals surface area contributed by atoms with Crippen molar-refractivity contribution in [3.63, 3.8) is 0 Å². The fraction of sp³-hybridized carbons (Fsp3) is 0.333. The van der Waals surface area contributed by atoms with Gasteiger partial charge in [-0.1, -0.05) is 0 Å². The molecule has 4 rings (SSSR count). The van der Waals surface area contributed by atoms with E-state index in [1.807, 2.05) is 6.07 Å². The fourth-order valence-electron chi connectivity index (χ4n) is 3.30. The minimum Gasteiger partial charge on any atom is -0.345 e. The molecule has 0 aromatic carbocycles. The summed E-state index contributed by atoms with van der Waals surface area (Å²) >= 11 is 0. The first-order valence-corrected chi connectivity index (χ1v) is 9.13. The van der Waals surface area contributed by atoms with E-state index in [0.29, 0.717) is 30.7 Å². The van der Waals surface area contributed by atoms with Crippen LogP contribution in [0.4, 0.5) is 0 Å². The largest absolute Gasteiger partial charge is 0.345 e. The van der Waals surface area contributed by atoms with Gasteiger partial charge in [-0.2, -0.15) is 5.26 Å². The lowest BCUT2D eigenvalue weighted by atomic mass is 9.95. The van der Waals surface area contributed by atoms with Crippen LogP contribution in [0.1, 0.15) is 17.9 Å². The first-order valence-electron chi connectivity index (χ1n) is 7.52. The van der Waals surface area contributed by atoms with Crippen LogP contribution in [-0.4, -0.2) is 51.7 Å². The second-order valence-corrected chi connectivity index (χ2v) is 7.79. The summed E-state index contributed by atoms with van der Waals surface area (Å²) in [6.07, 6.45) is 5.94. The van der Waals surface area contributed by atoms with Crippen LogP contribution >= 0.6 is 0 Å². The molecule has 0 spiro atoms. The van der Waals surface area contributed by atoms with Gasteiger partial charge >= 0.3 is 0 Å². The maximum atomic E-state index is 12.1. The lowest BCUT2D eigenvalue weighted by Gasteiger charge is -2.15. The second kappa shape index (κ2) is 5.51. The topological polar surface area (TPSA) is 116 Å². The summed E-state index contributed by atoms with van der Waals surface area (Å²) in [5.41, 5.74) is 2.36. The summed E-state index contributed by atoms with van der Waals surface area (Å²) in [6, 6.07) is 3.66. The molecular weight excluding hydrogens is 328 g/mol. The van der Waals surface area contributed by atoms with Crippen LogP contribution in [0.5, 0.6) is 0 Å². The van der Waals surface area contributed by atoms with Gasteiger partial charge in [-0.3, -0.25) is 4.98 Å². The van der Waals surface area contributed by atoms with Crippen LogP contribution in [-0.2, 0) is 10.0 Å². The van der Waals surface area contributed by atoms with Crippen molar-refractivity contribution in [2.24, 2.45) is 0 Å². The zero-order valence-corrected chi connectivity index (χ0v) is 13.5. The average molecular weight is 342 g/mol. The van der Waals surface area contributed by atoms with Crippen molar-refractivity contribution >= 4 is 32.0 Å². The normalized spacial score (nSPS) is 19.0. The molecule has 0 radical (unpaired) electrons. The third kappa shape index (κ3) is 2.31. The van der Waals surface area contributed by atoms with Gasteiger partial charge in [0.05, 0.1) is 12.3 Å². The number of H-pyrrole nitrogens is 1. The summed E-state index contributed by atoms with van der Waals surface area (Å²) in [6.45, 7) is 0.777. The molecule has 0 aliphatic carbocycles. The predicted molar refractivity (Wildman–Crippen MR) is 87.5 cm³/mol. The van der Waals surface area contributed by atoms with E-state index in [-0.39, 0.29) is 5.92 Å². The van der Waals surface area contributed by atoms with Crippen molar-refractivity contribution in [3.8, 4) is 6.07 Å². The first-order chi connectivity index (χ1) is 11.6. The van der Waals surface area contributed by atoms with E-state index in [1.165, 1.54) is 4.31 Å². The number of sulfonamides is 1. The van der Waals surface area contributed by atoms with Gasteiger partial charge in [0.25, 0.3) is 0 Å². The lowest BCUT2D eigenvalue weighted by molar-refractivity contribution is 0.476. The molecule has 1 aliphatic heterocycles. The highest BCUT2D eigenvalue weighted by atomic mass is 32.2. The standard InChI is InChI=1S/C15H14N6O2S/c16-3-6-24(22,23)21-5-2-10(9-21)12-7-17-8-13-14(12)11-1-4-18-15(11)20-19-13/h1,4,7-8,10H,2,5-6,9H2,(H,18,20). The quantitative estimate of drug-likeness (QED) is 0.763. The highest BCUT2D eigenvalue weighted by Gasteiger charge is 2.33. The Balaban J connectivity index is 1.78. The monoisotopic (exact) mass is 342 g/mol. The Kier molecular flexibility index (Phi) is 3.44. The molecule has 1 unspecified atom stereocenters. The molecule has 1 N–H and O–H groups in total. The number of nitrogens with one attached hydrogen (secondary N) is 1. The maximum absolute atomic E-state index is 12.1. The van der Waals surface area contributed by atoms with Crippen LogP contribution in [0.25, 0.3) is 21.9 Å². The van der Waals surface area contributed by atoms with E-state index < -0.39 is 15.8 Å². The molecule has 3 aromatic heterocycles. The fourth-order valence-corrected chi connectivity index (χ4v) is 4.44. The van der Waals surface area contributed by atoms with Crippen molar-refractivity contribution in [1.82, 2.24) is 24.5 Å². The Morgan fingerprint density at radius 1 is 1.38 bits per heavy atom. The Bertz CT molecular complexity index is 1070. The minimum atomic E-state index is -3.52. The van der Waals surface area contributed by atoms with E-state index in [2.05, 4.69) is 20.2 Å². The number of nitrogens with zero attached hydrogens (tertiary/aromatic N) is 5. The van der Waals surface area contributed by atoms with Crippen molar-refractivity contribution in [1.29, 1.82) is 5.26 Å². The van der Waals surface area contributed by atoms with Crippen molar-refractivity contribution in [3.05, 3.63) is 30.2 Å². The summed E-state index contributed by atoms with van der Waals surface area (Å²) < 4.78 is 25.6. The van der Waals surface area contributed by atoms with Crippen LogP contribution in [0.15, 0.2) is 24.7 Å². The number of pyridine rings is 1. The Morgan fingerprint density at radius 2 is 2.25 bits per heavy atom. The summed E-state index contributed by atoms with van der Waals surface area (Å²) in [5, 5.41) is 18.9. The molecule has 1 saturated heterocycles. The molecular formula is C15H14N6O2S. The number of fused-ring (bicyclic) bond motifs is 3. The van der Waals surface area contributed by atoms with Crippen molar-refractivity contribution in [2.75, 3.05) is 18.8 Å². The number of hydrogen-bond acceptors (Lipinski definition) is 6. The minimum absolute atomic E-state index is 0.0250. The number of nitriles is 1. The SMILES string of the molecule is N#CCS(=O)(=O)N1CCC(c2cncc3nnc4[nH]ccc4c23)C1. The van der Waals surface area contributed by atoms with Gasteiger partial charge in [-0.05, 0) is 18.1 Å². The zero-order valence-electron chi connectivity index (χ0n) is 12.7. The first kappa shape index (κ1) is 15.0. The van der Waals surface area contributed by atoms with Gasteiger partial charge < -0.3 is 4.98 Å². The van der Waals surface area contributed by atoms with Crippen LogP contribution in [0.3, 0.4) is 0 Å². The molecule has 24 heavy (non-hydrogen) atoms. The third-order valence-electron chi connectivity index (χ3n) is 4.44. The van der Waals surface area contributed by atoms with E-state index in [9.17, 15) is 8.42 Å². The van der Waals surface area contributed by atoms with E-state index in [4.69, 9.17) is 5.26 Å². The molecule has 9 heteroatoms. The van der Waals surface area contributed by atoms with Gasteiger partial charge in [0, 0.05) is 42.2 Å². The smallest absolute Gasteiger partial charge is 0.227 e. The highest BCUT2D eigenvalue weighted by molar-refractivity contribution is 7.89. The van der Waals surface area contributed by atoms with Crippen LogP contribution in [0.2, 0.25) is 0 Å². The molecule has 0 saturated carbocycles. The molecule has 3 aromatic rings. The molecule has 0 bridgehead atoms. The number of rotatable bonds is 3. The Hall–Kier alpha value is -2.57. The number of aromatic amines is 1. The van der Waals surface area contributed by atoms with Crippen molar-refractivity contribution < 1.29 is 8.42 Å². The molecule has 1 fully saturated rings. The Morgan fingerprint density at radius 3 is 3.08 bits per heavy atom. The molecule has 8 nitrogen and oxygen atoms in total. The van der Waals surface area contributed by atoms with Crippen molar-refractivity contribution in [2.45, 2.75) is 12.3 Å². The van der Waals surface area contributed by atoms with E-state index in [1.54, 1.807) is 24.7 Å². The zero-order chi connectivity index (χ0) is 16.7. The summed E-state index contributed by atoms with van der Waals surface area (Å²) in [7, 11) is -3.52. The lowest BCUT2D eigenvalue weighted by Crippen LogP contribution is -2.30. The number of hydrogen-bond donors (Lipinski definition) is 1. The van der Waals surface area contributed by atoms with E-state index >= 15 is 0 Å². The van der Waals surface area contributed by atoms with Gasteiger partial charge in [-0.25, -0.2) is 12.7 Å². The molecule has 4 heterocycles.